The Morgan fingerprint density at radius 2 is 1.90 bits per heavy atom. The number of aromatic nitrogens is 5. The summed E-state index contributed by atoms with van der Waals surface area (Å²) in [6, 6.07) is 15.0. The molecule has 3 aromatic heterocycles. The largest absolute Gasteiger partial charge is 0.496 e. The van der Waals surface area contributed by atoms with Gasteiger partial charge in [-0.15, -0.1) is 0 Å². The summed E-state index contributed by atoms with van der Waals surface area (Å²) in [6.45, 7) is 0.106. The number of nitrogens with zero attached hydrogens (tertiary/aromatic N) is 5. The molecule has 0 unspecified atom stereocenters. The molecule has 2 aromatic carbocycles. The summed E-state index contributed by atoms with van der Waals surface area (Å²) in [5.74, 6) is 0.957. The van der Waals surface area contributed by atoms with Gasteiger partial charge in [0.1, 0.15) is 23.6 Å². The van der Waals surface area contributed by atoms with Crippen LogP contribution in [0.1, 0.15) is 5.89 Å². The zero-order chi connectivity index (χ0) is 21.4. The van der Waals surface area contributed by atoms with Crippen molar-refractivity contribution < 1.29 is 13.7 Å². The van der Waals surface area contributed by atoms with Gasteiger partial charge in [-0.2, -0.15) is 10.1 Å². The van der Waals surface area contributed by atoms with Crippen molar-refractivity contribution in [2.24, 2.45) is 0 Å². The number of halogens is 1. The number of rotatable bonds is 5. The lowest BCUT2D eigenvalue weighted by molar-refractivity contribution is 0.369. The van der Waals surface area contributed by atoms with Crippen LogP contribution in [-0.4, -0.2) is 31.4 Å². The highest BCUT2D eigenvalue weighted by molar-refractivity contribution is 5.65. The number of ether oxygens (including phenoxy) is 1. The Balaban J connectivity index is 1.46. The average Bonchev–Trinajstić information content (AvgIpc) is 3.44. The van der Waals surface area contributed by atoms with Crippen LogP contribution in [0.3, 0.4) is 0 Å². The van der Waals surface area contributed by atoms with Gasteiger partial charge in [-0.1, -0.05) is 17.3 Å². The van der Waals surface area contributed by atoms with Gasteiger partial charge in [-0.05, 0) is 42.5 Å². The van der Waals surface area contributed by atoms with Crippen LogP contribution in [0.4, 0.5) is 4.39 Å². The molecule has 9 heteroatoms. The van der Waals surface area contributed by atoms with E-state index < -0.39 is 0 Å². The minimum atomic E-state index is -0.332. The molecule has 0 spiro atoms. The first-order valence-corrected chi connectivity index (χ1v) is 9.43. The van der Waals surface area contributed by atoms with Crippen molar-refractivity contribution in [3.05, 3.63) is 89.1 Å². The molecule has 0 radical (unpaired) electrons. The molecule has 5 aromatic rings. The third-order valence-electron chi connectivity index (χ3n) is 4.87. The summed E-state index contributed by atoms with van der Waals surface area (Å²) in [5, 5.41) is 8.40. The monoisotopic (exact) mass is 417 g/mol. The Morgan fingerprint density at radius 3 is 2.71 bits per heavy atom. The van der Waals surface area contributed by atoms with Gasteiger partial charge >= 0.3 is 0 Å². The second kappa shape index (κ2) is 7.52. The van der Waals surface area contributed by atoms with Crippen LogP contribution >= 0.6 is 0 Å². The third-order valence-corrected chi connectivity index (χ3v) is 4.87. The van der Waals surface area contributed by atoms with E-state index in [0.717, 1.165) is 5.56 Å². The molecule has 5 rings (SSSR count). The van der Waals surface area contributed by atoms with Crippen LogP contribution in [0.25, 0.3) is 28.2 Å². The molecule has 0 N–H and O–H groups in total. The van der Waals surface area contributed by atoms with Crippen molar-refractivity contribution in [3.63, 3.8) is 0 Å². The van der Waals surface area contributed by atoms with E-state index in [9.17, 15) is 9.18 Å². The van der Waals surface area contributed by atoms with Gasteiger partial charge in [0.05, 0.1) is 18.4 Å². The normalized spacial score (nSPS) is 11.2. The van der Waals surface area contributed by atoms with Crippen molar-refractivity contribution in [2.75, 3.05) is 7.11 Å². The molecule has 0 atom stereocenters. The van der Waals surface area contributed by atoms with Gasteiger partial charge < -0.3 is 13.8 Å². The maximum Gasteiger partial charge on any atom is 0.277 e. The molecule has 3 heterocycles. The summed E-state index contributed by atoms with van der Waals surface area (Å²) >= 11 is 0. The van der Waals surface area contributed by atoms with E-state index in [-0.39, 0.29) is 23.8 Å². The molecule has 31 heavy (non-hydrogen) atoms. The Bertz CT molecular complexity index is 1440. The molecule has 0 aliphatic carbocycles. The van der Waals surface area contributed by atoms with E-state index in [1.807, 2.05) is 24.3 Å². The van der Waals surface area contributed by atoms with Gasteiger partial charge in [0.25, 0.3) is 5.56 Å². The second-order valence-electron chi connectivity index (χ2n) is 6.81. The molecular formula is C22H16FN5O3. The van der Waals surface area contributed by atoms with Gasteiger partial charge in [-0.25, -0.2) is 8.91 Å². The van der Waals surface area contributed by atoms with Gasteiger partial charge in [0.2, 0.25) is 11.7 Å². The Morgan fingerprint density at radius 1 is 1.10 bits per heavy atom. The molecule has 154 valence electrons. The molecule has 0 amide bonds. The summed E-state index contributed by atoms with van der Waals surface area (Å²) in [6.07, 6.45) is 3.27. The summed E-state index contributed by atoms with van der Waals surface area (Å²) in [5.41, 5.74) is 2.11. The van der Waals surface area contributed by atoms with E-state index in [0.29, 0.717) is 28.3 Å². The molecule has 0 aliphatic rings. The zero-order valence-corrected chi connectivity index (χ0v) is 16.4. The Labute approximate surface area is 175 Å². The highest BCUT2D eigenvalue weighted by Gasteiger charge is 2.15. The second-order valence-corrected chi connectivity index (χ2v) is 6.81. The molecule has 0 aliphatic heterocycles. The number of hydrogen-bond donors (Lipinski definition) is 0. The van der Waals surface area contributed by atoms with Crippen molar-refractivity contribution >= 4 is 5.52 Å². The lowest BCUT2D eigenvalue weighted by atomic mass is 10.1. The maximum absolute atomic E-state index is 13.2. The van der Waals surface area contributed by atoms with E-state index in [2.05, 4.69) is 15.2 Å². The predicted molar refractivity (Wildman–Crippen MR) is 110 cm³/mol. The van der Waals surface area contributed by atoms with E-state index in [1.54, 1.807) is 37.7 Å². The van der Waals surface area contributed by atoms with E-state index in [1.165, 1.54) is 21.2 Å². The average molecular weight is 417 g/mol. The Kier molecular flexibility index (Phi) is 4.55. The first-order valence-electron chi connectivity index (χ1n) is 9.43. The van der Waals surface area contributed by atoms with Crippen LogP contribution < -0.4 is 10.3 Å². The lowest BCUT2D eigenvalue weighted by Crippen LogP contribution is -2.21. The SMILES string of the molecule is COc1ccccc1-c1noc(Cn2ccn3nc(-c4ccc(F)cc4)cc3c2=O)n1. The molecule has 0 fully saturated rings. The number of hydrogen-bond acceptors (Lipinski definition) is 6. The number of methoxy groups -OCH3 is 1. The maximum atomic E-state index is 13.2. The van der Waals surface area contributed by atoms with Gasteiger partial charge in [0, 0.05) is 18.0 Å². The number of fused-ring (bicyclic) bond motifs is 1. The van der Waals surface area contributed by atoms with Crippen LogP contribution in [-0.2, 0) is 6.54 Å². The Hall–Kier alpha value is -4.27. The highest BCUT2D eigenvalue weighted by atomic mass is 19.1. The van der Waals surface area contributed by atoms with Crippen molar-refractivity contribution in [2.45, 2.75) is 6.54 Å². The van der Waals surface area contributed by atoms with Crippen molar-refractivity contribution in [1.29, 1.82) is 0 Å². The first kappa shape index (κ1) is 18.7. The number of para-hydroxylation sites is 1. The fourth-order valence-corrected chi connectivity index (χ4v) is 3.32. The standard InChI is InChI=1S/C22H16FN5O3/c1-30-19-5-3-2-4-16(19)21-24-20(31-26-21)13-27-10-11-28-18(22(27)29)12-17(25-28)14-6-8-15(23)9-7-14/h2-12H,13H2,1H3. The van der Waals surface area contributed by atoms with Crippen LogP contribution in [0.2, 0.25) is 0 Å². The van der Waals surface area contributed by atoms with Crippen molar-refractivity contribution in [1.82, 2.24) is 24.3 Å². The van der Waals surface area contributed by atoms with Crippen LogP contribution in [0.15, 0.2) is 76.3 Å². The fourth-order valence-electron chi connectivity index (χ4n) is 3.32. The molecule has 8 nitrogen and oxygen atoms in total. The lowest BCUT2D eigenvalue weighted by Gasteiger charge is -2.03. The highest BCUT2D eigenvalue weighted by Crippen LogP contribution is 2.27. The minimum Gasteiger partial charge on any atom is -0.496 e. The zero-order valence-electron chi connectivity index (χ0n) is 16.4. The van der Waals surface area contributed by atoms with E-state index >= 15 is 0 Å². The predicted octanol–water partition coefficient (Wildman–Crippen LogP) is 3.41. The van der Waals surface area contributed by atoms with Crippen LogP contribution in [0, 0.1) is 5.82 Å². The van der Waals surface area contributed by atoms with Crippen LogP contribution in [0.5, 0.6) is 5.75 Å². The topological polar surface area (TPSA) is 87.5 Å². The van der Waals surface area contributed by atoms with Gasteiger partial charge in [0.15, 0.2) is 0 Å². The first-order chi connectivity index (χ1) is 15.1. The third kappa shape index (κ3) is 3.46. The smallest absolute Gasteiger partial charge is 0.277 e. The molecular weight excluding hydrogens is 401 g/mol. The summed E-state index contributed by atoms with van der Waals surface area (Å²) < 4.78 is 26.8. The molecule has 0 bridgehead atoms. The minimum absolute atomic E-state index is 0.106. The summed E-state index contributed by atoms with van der Waals surface area (Å²) in [7, 11) is 1.57. The number of benzene rings is 2. The molecule has 0 saturated carbocycles. The van der Waals surface area contributed by atoms with E-state index in [4.69, 9.17) is 9.26 Å². The van der Waals surface area contributed by atoms with Crippen molar-refractivity contribution in [3.8, 4) is 28.4 Å². The van der Waals surface area contributed by atoms with Gasteiger partial charge in [-0.3, -0.25) is 4.79 Å². The summed E-state index contributed by atoms with van der Waals surface area (Å²) in [4.78, 5) is 17.3. The molecule has 0 saturated heterocycles. The fraction of sp³-hybridized carbons (Fsp3) is 0.0909. The quantitative estimate of drug-likeness (QED) is 0.436.